The van der Waals surface area contributed by atoms with E-state index in [2.05, 4.69) is 20.0 Å². The summed E-state index contributed by atoms with van der Waals surface area (Å²) in [6.07, 6.45) is -3.43. The van der Waals surface area contributed by atoms with Crippen molar-refractivity contribution in [3.8, 4) is 11.4 Å². The fourth-order valence-electron chi connectivity index (χ4n) is 2.09. The lowest BCUT2D eigenvalue weighted by Gasteiger charge is -2.09. The maximum Gasteiger partial charge on any atom is 0.417 e. The molecule has 3 aromatic rings. The molecule has 2 aromatic carbocycles. The van der Waals surface area contributed by atoms with E-state index in [0.29, 0.717) is 5.56 Å². The van der Waals surface area contributed by atoms with Crippen LogP contribution in [0.4, 0.5) is 17.6 Å². The van der Waals surface area contributed by atoms with Crippen LogP contribution in [0, 0.1) is 5.82 Å². The third-order valence-electron chi connectivity index (χ3n) is 3.34. The Balaban J connectivity index is 0.000000280. The van der Waals surface area contributed by atoms with Gasteiger partial charge in [-0.3, -0.25) is 4.79 Å². The first-order valence-corrected chi connectivity index (χ1v) is 8.90. The van der Waals surface area contributed by atoms with E-state index in [9.17, 15) is 22.4 Å². The van der Waals surface area contributed by atoms with E-state index in [1.807, 2.05) is 13.8 Å². The summed E-state index contributed by atoms with van der Waals surface area (Å²) < 4.78 is 54.5. The Bertz CT molecular complexity index is 883. The van der Waals surface area contributed by atoms with Crippen molar-refractivity contribution in [1.82, 2.24) is 15.5 Å². The minimum Gasteiger partial charge on any atom is -0.395 e. The van der Waals surface area contributed by atoms with E-state index in [1.54, 1.807) is 0 Å². The number of hydrogen-bond acceptors (Lipinski definition) is 5. The first-order chi connectivity index (χ1) is 14.3. The van der Waals surface area contributed by atoms with Crippen molar-refractivity contribution in [1.29, 1.82) is 0 Å². The van der Waals surface area contributed by atoms with Crippen LogP contribution in [0.15, 0.2) is 59.4 Å². The van der Waals surface area contributed by atoms with Gasteiger partial charge in [0, 0.05) is 17.7 Å². The first-order valence-electron chi connectivity index (χ1n) is 8.90. The number of alkyl halides is 3. The molecule has 6 nitrogen and oxygen atoms in total. The second-order valence-electron chi connectivity index (χ2n) is 5.28. The molecule has 0 saturated heterocycles. The van der Waals surface area contributed by atoms with Gasteiger partial charge in [-0.1, -0.05) is 37.2 Å². The Kier molecular flexibility index (Phi) is 10.2. The van der Waals surface area contributed by atoms with Gasteiger partial charge in [0.2, 0.25) is 12.2 Å². The quantitative estimate of drug-likeness (QED) is 0.605. The van der Waals surface area contributed by atoms with Crippen molar-refractivity contribution in [2.45, 2.75) is 20.0 Å². The summed E-state index contributed by atoms with van der Waals surface area (Å²) in [4.78, 5) is 14.8. The van der Waals surface area contributed by atoms with Crippen LogP contribution in [0.5, 0.6) is 0 Å². The number of aliphatic hydroxyl groups excluding tert-OH is 1. The SMILES string of the molecule is CC.FC(F)(F)c1ccccc1-c1ncon1.O=C(NCCO)c1ccc(F)cc1. The Morgan fingerprint density at radius 1 is 1.10 bits per heavy atom. The maximum atomic E-state index is 12.6. The zero-order valence-corrected chi connectivity index (χ0v) is 16.3. The lowest BCUT2D eigenvalue weighted by atomic mass is 10.1. The number of amides is 1. The van der Waals surface area contributed by atoms with Gasteiger partial charge in [0.1, 0.15) is 5.82 Å². The van der Waals surface area contributed by atoms with E-state index >= 15 is 0 Å². The molecule has 1 amide bonds. The van der Waals surface area contributed by atoms with E-state index < -0.39 is 11.7 Å². The number of hydrogen-bond donors (Lipinski definition) is 2. The van der Waals surface area contributed by atoms with E-state index in [1.165, 1.54) is 42.5 Å². The number of nitrogens with one attached hydrogen (secondary N) is 1. The number of benzene rings is 2. The van der Waals surface area contributed by atoms with Crippen LogP contribution in [0.3, 0.4) is 0 Å². The van der Waals surface area contributed by atoms with Crippen molar-refractivity contribution in [2.24, 2.45) is 0 Å². The fraction of sp³-hybridized carbons (Fsp3) is 0.250. The molecule has 0 radical (unpaired) electrons. The van der Waals surface area contributed by atoms with Crippen LogP contribution in [0.1, 0.15) is 29.8 Å². The number of carbonyl (C=O) groups is 1. The summed E-state index contributed by atoms with van der Waals surface area (Å²) in [6, 6.07) is 10.3. The molecule has 0 unspecified atom stereocenters. The Labute approximate surface area is 170 Å². The van der Waals surface area contributed by atoms with Crippen molar-refractivity contribution >= 4 is 5.91 Å². The van der Waals surface area contributed by atoms with Gasteiger partial charge in [-0.25, -0.2) is 4.39 Å². The minimum atomic E-state index is -4.42. The van der Waals surface area contributed by atoms with Gasteiger partial charge in [-0.2, -0.15) is 18.2 Å². The van der Waals surface area contributed by atoms with Gasteiger partial charge in [0.25, 0.3) is 5.91 Å². The Morgan fingerprint density at radius 3 is 2.27 bits per heavy atom. The van der Waals surface area contributed by atoms with Crippen molar-refractivity contribution in [2.75, 3.05) is 13.2 Å². The summed E-state index contributed by atoms with van der Waals surface area (Å²) in [5, 5.41) is 14.3. The highest BCUT2D eigenvalue weighted by Gasteiger charge is 2.34. The highest BCUT2D eigenvalue weighted by molar-refractivity contribution is 5.94. The highest BCUT2D eigenvalue weighted by Crippen LogP contribution is 2.35. The van der Waals surface area contributed by atoms with Crippen molar-refractivity contribution in [3.63, 3.8) is 0 Å². The van der Waals surface area contributed by atoms with Gasteiger partial charge in [-0.15, -0.1) is 0 Å². The third-order valence-corrected chi connectivity index (χ3v) is 3.34. The summed E-state index contributed by atoms with van der Waals surface area (Å²) >= 11 is 0. The number of halogens is 4. The van der Waals surface area contributed by atoms with Crippen LogP contribution in [0.2, 0.25) is 0 Å². The van der Waals surface area contributed by atoms with Gasteiger partial charge in [0.05, 0.1) is 12.2 Å². The van der Waals surface area contributed by atoms with Crippen molar-refractivity contribution in [3.05, 3.63) is 71.9 Å². The van der Waals surface area contributed by atoms with E-state index in [-0.39, 0.29) is 36.3 Å². The van der Waals surface area contributed by atoms with E-state index in [0.717, 1.165) is 12.5 Å². The fourth-order valence-corrected chi connectivity index (χ4v) is 2.09. The van der Waals surface area contributed by atoms with Gasteiger partial charge < -0.3 is 14.9 Å². The van der Waals surface area contributed by atoms with Crippen LogP contribution in [0.25, 0.3) is 11.4 Å². The zero-order chi connectivity index (χ0) is 22.6. The predicted octanol–water partition coefficient (Wildman–Crippen LogP) is 4.33. The number of nitrogens with zero attached hydrogens (tertiary/aromatic N) is 2. The smallest absolute Gasteiger partial charge is 0.395 e. The average molecular weight is 427 g/mol. The van der Waals surface area contributed by atoms with Crippen LogP contribution >= 0.6 is 0 Å². The lowest BCUT2D eigenvalue weighted by Crippen LogP contribution is -2.26. The summed E-state index contributed by atoms with van der Waals surface area (Å²) in [5.41, 5.74) is -0.472. The second kappa shape index (κ2) is 12.3. The van der Waals surface area contributed by atoms with Gasteiger partial charge in [0.15, 0.2) is 0 Å². The molecule has 30 heavy (non-hydrogen) atoms. The molecule has 0 aliphatic carbocycles. The molecular weight excluding hydrogens is 406 g/mol. The van der Waals surface area contributed by atoms with Gasteiger partial charge >= 0.3 is 6.18 Å². The Morgan fingerprint density at radius 2 is 1.73 bits per heavy atom. The topological polar surface area (TPSA) is 88.2 Å². The minimum absolute atomic E-state index is 0.0667. The standard InChI is InChI=1S/C9H5F3N2O.C9H10FNO2.C2H6/c10-9(11,12)7-4-2-1-3-6(7)8-13-5-15-14-8;10-8-3-1-7(2-4-8)9(13)11-5-6-12;1-2/h1-5H;1-4,12H,5-6H2,(H,11,13);1-2H3. The first kappa shape index (κ1) is 24.8. The summed E-state index contributed by atoms with van der Waals surface area (Å²) in [5.74, 6) is -0.754. The van der Waals surface area contributed by atoms with Gasteiger partial charge in [-0.05, 0) is 30.3 Å². The number of carbonyl (C=O) groups excluding carboxylic acids is 1. The van der Waals surface area contributed by atoms with Crippen LogP contribution < -0.4 is 5.32 Å². The lowest BCUT2D eigenvalue weighted by molar-refractivity contribution is -0.137. The number of aromatic nitrogens is 2. The highest BCUT2D eigenvalue weighted by atomic mass is 19.4. The normalized spacial score (nSPS) is 10.2. The molecule has 0 spiro atoms. The molecule has 1 heterocycles. The van der Waals surface area contributed by atoms with Crippen LogP contribution in [-0.4, -0.2) is 34.3 Å². The van der Waals surface area contributed by atoms with Crippen LogP contribution in [-0.2, 0) is 6.18 Å². The Hall–Kier alpha value is -3.27. The largest absolute Gasteiger partial charge is 0.417 e. The predicted molar refractivity (Wildman–Crippen MR) is 102 cm³/mol. The zero-order valence-electron chi connectivity index (χ0n) is 16.3. The molecule has 0 fully saturated rings. The molecule has 0 atom stereocenters. The number of aliphatic hydroxyl groups is 1. The summed E-state index contributed by atoms with van der Waals surface area (Å²) in [6.45, 7) is 4.10. The molecule has 1 aromatic heterocycles. The molecule has 0 bridgehead atoms. The molecule has 10 heteroatoms. The summed E-state index contributed by atoms with van der Waals surface area (Å²) in [7, 11) is 0. The third kappa shape index (κ3) is 7.63. The molecule has 0 aliphatic rings. The van der Waals surface area contributed by atoms with E-state index in [4.69, 9.17) is 5.11 Å². The number of rotatable bonds is 4. The molecule has 0 saturated carbocycles. The molecule has 3 rings (SSSR count). The monoisotopic (exact) mass is 427 g/mol. The average Bonchev–Trinajstić information content (AvgIpc) is 3.29. The van der Waals surface area contributed by atoms with Crippen molar-refractivity contribution < 1.29 is 32.0 Å². The molecule has 162 valence electrons. The second-order valence-corrected chi connectivity index (χ2v) is 5.28. The maximum absolute atomic E-state index is 12.6. The molecule has 2 N–H and O–H groups in total. The molecule has 0 aliphatic heterocycles. The molecular formula is C20H21F4N3O3.